The molecule has 3 heteroatoms. The van der Waals surface area contributed by atoms with E-state index in [0.717, 1.165) is 11.3 Å². The second-order valence-corrected chi connectivity index (χ2v) is 2.38. The molecule has 0 saturated carbocycles. The predicted molar refractivity (Wildman–Crippen MR) is 39.2 cm³/mol. The number of furan rings is 1. The molecule has 3 N–H and O–H groups in total. The van der Waals surface area contributed by atoms with Crippen LogP contribution in [0.1, 0.15) is 24.3 Å². The highest BCUT2D eigenvalue weighted by molar-refractivity contribution is 5.14. The third kappa shape index (κ3) is 1.37. The molecule has 0 spiro atoms. The van der Waals surface area contributed by atoms with Crippen LogP contribution in [0.5, 0.6) is 0 Å². The highest BCUT2D eigenvalue weighted by Gasteiger charge is 2.04. The van der Waals surface area contributed by atoms with Gasteiger partial charge in [-0.1, -0.05) is 0 Å². The Morgan fingerprint density at radius 1 is 1.70 bits per heavy atom. The van der Waals surface area contributed by atoms with Crippen molar-refractivity contribution in [3.63, 3.8) is 0 Å². The molecule has 1 heterocycles. The lowest BCUT2D eigenvalue weighted by molar-refractivity contribution is 0.522. The van der Waals surface area contributed by atoms with Crippen LogP contribution in [-0.4, -0.2) is 0 Å². The molecule has 1 unspecified atom stereocenters. The zero-order valence-corrected chi connectivity index (χ0v) is 6.22. The van der Waals surface area contributed by atoms with E-state index in [0.29, 0.717) is 0 Å². The topological polar surface area (TPSA) is 51.2 Å². The summed E-state index contributed by atoms with van der Waals surface area (Å²) in [6, 6.07) is 2.13. The van der Waals surface area contributed by atoms with Gasteiger partial charge in [-0.25, -0.2) is 0 Å². The molecule has 56 valence electrons. The number of nitrogens with two attached hydrogens (primary N) is 1. The molecule has 0 bridgehead atoms. The van der Waals surface area contributed by atoms with Gasteiger partial charge in [0, 0.05) is 11.6 Å². The van der Waals surface area contributed by atoms with Crippen LogP contribution in [0, 0.1) is 6.92 Å². The van der Waals surface area contributed by atoms with E-state index < -0.39 is 0 Å². The maximum atomic E-state index is 5.22. The van der Waals surface area contributed by atoms with Gasteiger partial charge in [-0.05, 0) is 19.9 Å². The second kappa shape index (κ2) is 2.86. The first-order chi connectivity index (χ1) is 4.74. The van der Waals surface area contributed by atoms with E-state index >= 15 is 0 Å². The lowest BCUT2D eigenvalue weighted by Crippen LogP contribution is -2.25. The first kappa shape index (κ1) is 7.31. The minimum absolute atomic E-state index is 0.164. The van der Waals surface area contributed by atoms with E-state index in [1.165, 1.54) is 0 Å². The first-order valence-corrected chi connectivity index (χ1v) is 3.25. The average Bonchev–Trinajstić information content (AvgIpc) is 2.34. The number of hydrogen-bond acceptors (Lipinski definition) is 3. The Balaban J connectivity index is 2.74. The lowest BCUT2D eigenvalue weighted by Gasteiger charge is -2.04. The number of hydrogen-bond donors (Lipinski definition) is 2. The maximum absolute atomic E-state index is 5.22. The smallest absolute Gasteiger partial charge is 0.101 e. The van der Waals surface area contributed by atoms with Gasteiger partial charge in [0.15, 0.2) is 0 Å². The van der Waals surface area contributed by atoms with Crippen LogP contribution >= 0.6 is 0 Å². The van der Waals surface area contributed by atoms with E-state index in [9.17, 15) is 0 Å². The summed E-state index contributed by atoms with van der Waals surface area (Å²) in [7, 11) is 0. The minimum atomic E-state index is 0.164. The van der Waals surface area contributed by atoms with E-state index in [1.54, 1.807) is 6.26 Å². The highest BCUT2D eigenvalue weighted by Crippen LogP contribution is 2.13. The summed E-state index contributed by atoms with van der Waals surface area (Å²) in [6.07, 6.45) is 1.71. The molecule has 0 aromatic carbocycles. The molecule has 1 aromatic rings. The molecule has 0 aliphatic heterocycles. The normalized spacial score (nSPS) is 13.5. The van der Waals surface area contributed by atoms with Crippen molar-refractivity contribution < 1.29 is 4.42 Å². The molecule has 10 heavy (non-hydrogen) atoms. The molecule has 0 fully saturated rings. The van der Waals surface area contributed by atoms with Gasteiger partial charge in [-0.15, -0.1) is 0 Å². The Labute approximate surface area is 60.2 Å². The Bertz CT molecular complexity index is 207. The number of nitrogens with one attached hydrogen (secondary N) is 1. The van der Waals surface area contributed by atoms with Crippen LogP contribution in [0.4, 0.5) is 0 Å². The van der Waals surface area contributed by atoms with Crippen LogP contribution in [0.15, 0.2) is 16.7 Å². The van der Waals surface area contributed by atoms with Crippen molar-refractivity contribution in [2.24, 2.45) is 5.84 Å². The van der Waals surface area contributed by atoms with Crippen molar-refractivity contribution in [2.45, 2.75) is 19.9 Å². The van der Waals surface area contributed by atoms with Gasteiger partial charge in [-0.2, -0.15) is 0 Å². The molecular weight excluding hydrogens is 128 g/mol. The van der Waals surface area contributed by atoms with Crippen LogP contribution in [-0.2, 0) is 0 Å². The van der Waals surface area contributed by atoms with Crippen LogP contribution in [0.2, 0.25) is 0 Å². The average molecular weight is 140 g/mol. The molecule has 1 aromatic heterocycles. The van der Waals surface area contributed by atoms with Gasteiger partial charge in [0.1, 0.15) is 5.76 Å². The van der Waals surface area contributed by atoms with Gasteiger partial charge in [0.05, 0.1) is 6.26 Å². The van der Waals surface area contributed by atoms with E-state index in [4.69, 9.17) is 10.3 Å². The van der Waals surface area contributed by atoms with Crippen molar-refractivity contribution in [3.05, 3.63) is 23.7 Å². The molecule has 3 nitrogen and oxygen atoms in total. The number of rotatable bonds is 2. The standard InChI is InChI=1S/C7H12N2O/c1-5-3-7(4-10-5)6(2)9-8/h3-4,6,9H,8H2,1-2H3. The SMILES string of the molecule is Cc1cc(C(C)NN)co1. The predicted octanol–water partition coefficient (Wildman–Crippen LogP) is 1.11. The third-order valence-electron chi connectivity index (χ3n) is 1.50. The summed E-state index contributed by atoms with van der Waals surface area (Å²) in [5.41, 5.74) is 3.72. The molecule has 0 amide bonds. The van der Waals surface area contributed by atoms with Crippen molar-refractivity contribution in [1.29, 1.82) is 0 Å². The third-order valence-corrected chi connectivity index (χ3v) is 1.50. The van der Waals surface area contributed by atoms with Crippen molar-refractivity contribution >= 4 is 0 Å². The van der Waals surface area contributed by atoms with Gasteiger partial charge in [0.25, 0.3) is 0 Å². The Hall–Kier alpha value is -0.800. The monoisotopic (exact) mass is 140 g/mol. The van der Waals surface area contributed by atoms with E-state index in [1.807, 2.05) is 19.9 Å². The molecule has 0 aliphatic rings. The van der Waals surface area contributed by atoms with E-state index in [-0.39, 0.29) is 6.04 Å². The fourth-order valence-corrected chi connectivity index (χ4v) is 0.787. The molecule has 1 rings (SSSR count). The summed E-state index contributed by atoms with van der Waals surface area (Å²) >= 11 is 0. The van der Waals surface area contributed by atoms with Crippen molar-refractivity contribution in [1.82, 2.24) is 5.43 Å². The fourth-order valence-electron chi connectivity index (χ4n) is 0.787. The largest absolute Gasteiger partial charge is 0.469 e. The summed E-state index contributed by atoms with van der Waals surface area (Å²) in [5, 5.41) is 0. The van der Waals surface area contributed by atoms with Crippen molar-refractivity contribution in [3.8, 4) is 0 Å². The molecule has 0 aliphatic carbocycles. The summed E-state index contributed by atoms with van der Waals surface area (Å²) in [5.74, 6) is 6.14. The fraction of sp³-hybridized carbons (Fsp3) is 0.429. The zero-order valence-electron chi connectivity index (χ0n) is 6.22. The van der Waals surface area contributed by atoms with Crippen LogP contribution < -0.4 is 11.3 Å². The zero-order chi connectivity index (χ0) is 7.56. The summed E-state index contributed by atoms with van der Waals surface area (Å²) < 4.78 is 5.09. The Kier molecular flexibility index (Phi) is 2.09. The Morgan fingerprint density at radius 3 is 2.80 bits per heavy atom. The lowest BCUT2D eigenvalue weighted by atomic mass is 10.2. The molecule has 0 saturated heterocycles. The highest BCUT2D eigenvalue weighted by atomic mass is 16.3. The first-order valence-electron chi connectivity index (χ1n) is 3.25. The van der Waals surface area contributed by atoms with Crippen LogP contribution in [0.25, 0.3) is 0 Å². The van der Waals surface area contributed by atoms with Gasteiger partial charge < -0.3 is 4.42 Å². The second-order valence-electron chi connectivity index (χ2n) is 2.38. The van der Waals surface area contributed by atoms with Crippen LogP contribution in [0.3, 0.4) is 0 Å². The number of aryl methyl sites for hydroxylation is 1. The van der Waals surface area contributed by atoms with Crippen molar-refractivity contribution in [2.75, 3.05) is 0 Å². The molecular formula is C7H12N2O. The van der Waals surface area contributed by atoms with Gasteiger partial charge >= 0.3 is 0 Å². The minimum Gasteiger partial charge on any atom is -0.469 e. The van der Waals surface area contributed by atoms with Gasteiger partial charge in [0.2, 0.25) is 0 Å². The Morgan fingerprint density at radius 2 is 2.40 bits per heavy atom. The van der Waals surface area contributed by atoms with E-state index in [2.05, 4.69) is 5.43 Å². The quantitative estimate of drug-likeness (QED) is 0.478. The maximum Gasteiger partial charge on any atom is 0.101 e. The summed E-state index contributed by atoms with van der Waals surface area (Å²) in [4.78, 5) is 0. The molecule has 1 atom stereocenters. The molecule has 0 radical (unpaired) electrons. The van der Waals surface area contributed by atoms with Gasteiger partial charge in [-0.3, -0.25) is 11.3 Å². The number of hydrazine groups is 1. The summed E-state index contributed by atoms with van der Waals surface area (Å²) in [6.45, 7) is 3.89.